The molecule has 0 fully saturated rings. The lowest BCUT2D eigenvalue weighted by atomic mass is 10.2. The molecule has 2 rings (SSSR count). The molecule has 0 bridgehead atoms. The summed E-state index contributed by atoms with van der Waals surface area (Å²) >= 11 is 0. The summed E-state index contributed by atoms with van der Waals surface area (Å²) in [5, 5.41) is 3.94. The van der Waals surface area contributed by atoms with Gasteiger partial charge in [-0.05, 0) is 24.3 Å². The largest absolute Gasteiger partial charge is 0.326 e. The van der Waals surface area contributed by atoms with Crippen LogP contribution in [-0.2, 0) is 30.2 Å². The van der Waals surface area contributed by atoms with Crippen LogP contribution in [0.5, 0.6) is 0 Å². The Morgan fingerprint density at radius 1 is 1.40 bits per heavy atom. The van der Waals surface area contributed by atoms with Crippen LogP contribution < -0.4 is 10.5 Å². The highest BCUT2D eigenvalue weighted by molar-refractivity contribution is 7.89. The maximum atomic E-state index is 13.3. The molecule has 1 heterocycles. The lowest BCUT2D eigenvalue weighted by Crippen LogP contribution is -2.24. The van der Waals surface area contributed by atoms with Gasteiger partial charge in [0.25, 0.3) is 0 Å². The van der Waals surface area contributed by atoms with E-state index in [1.54, 1.807) is 24.0 Å². The molecular weight excluding hydrogens is 283 g/mol. The number of aromatic nitrogens is 2. The third-order valence-corrected chi connectivity index (χ3v) is 4.31. The van der Waals surface area contributed by atoms with Crippen molar-refractivity contribution < 1.29 is 12.8 Å². The topological polar surface area (TPSA) is 90.0 Å². The zero-order valence-electron chi connectivity index (χ0n) is 10.9. The van der Waals surface area contributed by atoms with Gasteiger partial charge in [0.1, 0.15) is 5.82 Å². The first-order valence-corrected chi connectivity index (χ1v) is 7.37. The standard InChI is InChI=1S/C12H15FN4O2S/c1-17-10(4-5-15-17)8-16-20(18,19)11-2-3-12(13)9(6-11)7-14/h2-6,16H,7-8,14H2,1H3. The van der Waals surface area contributed by atoms with Crippen LogP contribution in [0.25, 0.3) is 0 Å². The first kappa shape index (κ1) is 14.6. The predicted molar refractivity (Wildman–Crippen MR) is 71.5 cm³/mol. The Labute approximate surface area is 116 Å². The van der Waals surface area contributed by atoms with Crippen molar-refractivity contribution in [2.24, 2.45) is 12.8 Å². The van der Waals surface area contributed by atoms with Gasteiger partial charge in [0.15, 0.2) is 0 Å². The summed E-state index contributed by atoms with van der Waals surface area (Å²) in [5.74, 6) is -0.516. The van der Waals surface area contributed by atoms with Crippen molar-refractivity contribution in [3.63, 3.8) is 0 Å². The maximum absolute atomic E-state index is 13.3. The monoisotopic (exact) mass is 298 g/mol. The third-order valence-electron chi connectivity index (χ3n) is 2.91. The lowest BCUT2D eigenvalue weighted by Gasteiger charge is -2.08. The van der Waals surface area contributed by atoms with E-state index in [0.717, 1.165) is 11.8 Å². The number of sulfonamides is 1. The maximum Gasteiger partial charge on any atom is 0.240 e. The van der Waals surface area contributed by atoms with Gasteiger partial charge in [0.2, 0.25) is 10.0 Å². The van der Waals surface area contributed by atoms with Crippen LogP contribution in [0.4, 0.5) is 4.39 Å². The van der Waals surface area contributed by atoms with E-state index in [-0.39, 0.29) is 23.5 Å². The van der Waals surface area contributed by atoms with Crippen LogP contribution in [0, 0.1) is 5.82 Å². The second-order valence-corrected chi connectivity index (χ2v) is 5.99. The lowest BCUT2D eigenvalue weighted by molar-refractivity contribution is 0.575. The molecule has 20 heavy (non-hydrogen) atoms. The van der Waals surface area contributed by atoms with Crippen molar-refractivity contribution in [2.45, 2.75) is 18.0 Å². The predicted octanol–water partition coefficient (Wildman–Crippen LogP) is 0.496. The molecule has 0 saturated heterocycles. The van der Waals surface area contributed by atoms with Crippen LogP contribution >= 0.6 is 0 Å². The van der Waals surface area contributed by atoms with Crippen molar-refractivity contribution in [3.05, 3.63) is 47.5 Å². The summed E-state index contributed by atoms with van der Waals surface area (Å²) in [5.41, 5.74) is 6.24. The molecule has 3 N–H and O–H groups in total. The molecule has 108 valence electrons. The van der Waals surface area contributed by atoms with Gasteiger partial charge in [-0.2, -0.15) is 5.10 Å². The minimum absolute atomic E-state index is 0.0125. The van der Waals surface area contributed by atoms with Gasteiger partial charge < -0.3 is 5.73 Å². The van der Waals surface area contributed by atoms with Crippen molar-refractivity contribution in [2.75, 3.05) is 0 Å². The van der Waals surface area contributed by atoms with Crippen molar-refractivity contribution >= 4 is 10.0 Å². The number of aryl methyl sites for hydroxylation is 1. The molecule has 0 atom stereocenters. The van der Waals surface area contributed by atoms with Crippen molar-refractivity contribution in [3.8, 4) is 0 Å². The molecule has 0 amide bonds. The number of benzene rings is 1. The highest BCUT2D eigenvalue weighted by atomic mass is 32.2. The number of rotatable bonds is 5. The zero-order valence-corrected chi connectivity index (χ0v) is 11.7. The van der Waals surface area contributed by atoms with Gasteiger partial charge >= 0.3 is 0 Å². The number of hydrogen-bond acceptors (Lipinski definition) is 4. The quantitative estimate of drug-likeness (QED) is 0.841. The van der Waals surface area contributed by atoms with E-state index in [1.807, 2.05) is 0 Å². The van der Waals surface area contributed by atoms with Crippen LogP contribution in [0.2, 0.25) is 0 Å². The Morgan fingerprint density at radius 3 is 2.75 bits per heavy atom. The van der Waals surface area contributed by atoms with Gasteiger partial charge in [0, 0.05) is 25.4 Å². The molecule has 8 heteroatoms. The van der Waals surface area contributed by atoms with E-state index in [0.29, 0.717) is 0 Å². The first-order chi connectivity index (χ1) is 9.44. The second kappa shape index (κ2) is 5.70. The Morgan fingerprint density at radius 2 is 2.15 bits per heavy atom. The van der Waals surface area contributed by atoms with Crippen LogP contribution in [0.3, 0.4) is 0 Å². The number of nitrogens with two attached hydrogens (primary N) is 1. The minimum Gasteiger partial charge on any atom is -0.326 e. The Kier molecular flexibility index (Phi) is 4.17. The van der Waals surface area contributed by atoms with Gasteiger partial charge in [-0.25, -0.2) is 17.5 Å². The molecule has 1 aromatic carbocycles. The summed E-state index contributed by atoms with van der Waals surface area (Å²) in [6, 6.07) is 5.25. The molecule has 2 aromatic rings. The minimum atomic E-state index is -3.72. The molecule has 0 unspecified atom stereocenters. The SMILES string of the molecule is Cn1nccc1CNS(=O)(=O)c1ccc(F)c(CN)c1. The van der Waals surface area contributed by atoms with Crippen LogP contribution in [-0.4, -0.2) is 18.2 Å². The average molecular weight is 298 g/mol. The highest BCUT2D eigenvalue weighted by Crippen LogP contribution is 2.15. The van der Waals surface area contributed by atoms with E-state index >= 15 is 0 Å². The summed E-state index contributed by atoms with van der Waals surface area (Å²) in [6.45, 7) is 0.0467. The van der Waals surface area contributed by atoms with Gasteiger partial charge in [-0.15, -0.1) is 0 Å². The normalized spacial score (nSPS) is 11.8. The van der Waals surface area contributed by atoms with E-state index in [4.69, 9.17) is 5.73 Å². The highest BCUT2D eigenvalue weighted by Gasteiger charge is 2.16. The number of nitrogens with one attached hydrogen (secondary N) is 1. The smallest absolute Gasteiger partial charge is 0.240 e. The Hall–Kier alpha value is -1.77. The van der Waals surface area contributed by atoms with Gasteiger partial charge in [0.05, 0.1) is 17.1 Å². The molecule has 0 radical (unpaired) electrons. The van der Waals surface area contributed by atoms with Crippen molar-refractivity contribution in [1.82, 2.24) is 14.5 Å². The fourth-order valence-electron chi connectivity index (χ4n) is 1.70. The van der Waals surface area contributed by atoms with E-state index in [1.165, 1.54) is 12.1 Å². The summed E-state index contributed by atoms with van der Waals surface area (Å²) in [6.07, 6.45) is 1.58. The van der Waals surface area contributed by atoms with Crippen molar-refractivity contribution in [1.29, 1.82) is 0 Å². The summed E-state index contributed by atoms with van der Waals surface area (Å²) in [7, 11) is -2.00. The average Bonchev–Trinajstić information content (AvgIpc) is 2.82. The number of halogens is 1. The Balaban J connectivity index is 2.20. The first-order valence-electron chi connectivity index (χ1n) is 5.89. The molecular formula is C12H15FN4O2S. The summed E-state index contributed by atoms with van der Waals surface area (Å²) < 4.78 is 41.5. The molecule has 6 nitrogen and oxygen atoms in total. The third kappa shape index (κ3) is 3.03. The van der Waals surface area contributed by atoms with E-state index in [2.05, 4.69) is 9.82 Å². The molecule has 0 spiro atoms. The van der Waals surface area contributed by atoms with Gasteiger partial charge in [-0.3, -0.25) is 4.68 Å². The van der Waals surface area contributed by atoms with Gasteiger partial charge in [-0.1, -0.05) is 0 Å². The van der Waals surface area contributed by atoms with E-state index in [9.17, 15) is 12.8 Å². The molecule has 1 aromatic heterocycles. The molecule has 0 aliphatic heterocycles. The molecule has 0 aliphatic rings. The number of nitrogens with zero attached hydrogens (tertiary/aromatic N) is 2. The fourth-order valence-corrected chi connectivity index (χ4v) is 2.75. The van der Waals surface area contributed by atoms with Crippen LogP contribution in [0.1, 0.15) is 11.3 Å². The molecule has 0 saturated carbocycles. The fraction of sp³-hybridized carbons (Fsp3) is 0.250. The zero-order chi connectivity index (χ0) is 14.8. The van der Waals surface area contributed by atoms with E-state index < -0.39 is 15.8 Å². The summed E-state index contributed by atoms with van der Waals surface area (Å²) in [4.78, 5) is -0.0125. The number of hydrogen-bond donors (Lipinski definition) is 2. The van der Waals surface area contributed by atoms with Crippen LogP contribution in [0.15, 0.2) is 35.4 Å². The second-order valence-electron chi connectivity index (χ2n) is 4.23. The Bertz CT molecular complexity index is 712. The molecule has 0 aliphatic carbocycles.